The van der Waals surface area contributed by atoms with Gasteiger partial charge in [-0.2, -0.15) is 9.90 Å². The van der Waals surface area contributed by atoms with E-state index in [1.165, 1.54) is 23.1 Å². The topological polar surface area (TPSA) is 71.8 Å². The van der Waals surface area contributed by atoms with Crippen LogP contribution in [0.15, 0.2) is 30.5 Å². The summed E-state index contributed by atoms with van der Waals surface area (Å²) in [5.74, 6) is -0.554. The van der Waals surface area contributed by atoms with E-state index in [1.54, 1.807) is 12.1 Å². The molecule has 3 rings (SSSR count). The summed E-state index contributed by atoms with van der Waals surface area (Å²) in [6.07, 6.45) is 3.23. The molecule has 1 aromatic heterocycles. The smallest absolute Gasteiger partial charge is 0.273 e. The predicted octanol–water partition coefficient (Wildman–Crippen LogP) is 1.28. The van der Waals surface area contributed by atoms with Crippen molar-refractivity contribution in [2.45, 2.75) is 31.8 Å². The number of carbonyl (C=O) groups excluding carboxylic acids is 1. The first kappa shape index (κ1) is 14.6. The van der Waals surface area contributed by atoms with Crippen LogP contribution in [-0.4, -0.2) is 39.5 Å². The van der Waals surface area contributed by atoms with E-state index in [9.17, 15) is 9.18 Å². The third-order valence-corrected chi connectivity index (χ3v) is 3.74. The average Bonchev–Trinajstić information content (AvgIpc) is 2.98. The SMILES string of the molecule is CC1CC(NC(=O)c2cnn(-c3ccc(F)cc3)n2)CCN1. The molecule has 0 spiro atoms. The number of halogens is 1. The molecule has 2 N–H and O–H groups in total. The zero-order chi connectivity index (χ0) is 15.5. The summed E-state index contributed by atoms with van der Waals surface area (Å²) in [4.78, 5) is 13.5. The maximum atomic E-state index is 12.9. The monoisotopic (exact) mass is 303 g/mol. The van der Waals surface area contributed by atoms with Crippen LogP contribution in [0.3, 0.4) is 0 Å². The molecule has 7 heteroatoms. The Labute approximate surface area is 127 Å². The van der Waals surface area contributed by atoms with Crippen LogP contribution in [-0.2, 0) is 0 Å². The lowest BCUT2D eigenvalue weighted by molar-refractivity contribution is 0.0920. The number of aromatic nitrogens is 3. The summed E-state index contributed by atoms with van der Waals surface area (Å²) >= 11 is 0. The van der Waals surface area contributed by atoms with Gasteiger partial charge in [-0.25, -0.2) is 4.39 Å². The van der Waals surface area contributed by atoms with Gasteiger partial charge in [-0.15, -0.1) is 5.10 Å². The number of piperidine rings is 1. The fourth-order valence-electron chi connectivity index (χ4n) is 2.59. The van der Waals surface area contributed by atoms with E-state index in [0.717, 1.165) is 19.4 Å². The van der Waals surface area contributed by atoms with Crippen LogP contribution in [0.4, 0.5) is 4.39 Å². The summed E-state index contributed by atoms with van der Waals surface area (Å²) in [5.41, 5.74) is 0.867. The molecule has 2 heterocycles. The highest BCUT2D eigenvalue weighted by Crippen LogP contribution is 2.10. The van der Waals surface area contributed by atoms with Crippen LogP contribution in [0.2, 0.25) is 0 Å². The largest absolute Gasteiger partial charge is 0.348 e. The van der Waals surface area contributed by atoms with Gasteiger partial charge in [0.1, 0.15) is 5.82 Å². The van der Waals surface area contributed by atoms with E-state index in [1.807, 2.05) is 0 Å². The molecule has 1 aromatic carbocycles. The first-order chi connectivity index (χ1) is 10.6. The summed E-state index contributed by atoms with van der Waals surface area (Å²) in [6.45, 7) is 3.00. The van der Waals surface area contributed by atoms with Crippen LogP contribution in [0.25, 0.3) is 5.69 Å². The Bertz CT molecular complexity index is 654. The molecule has 1 amide bonds. The quantitative estimate of drug-likeness (QED) is 0.896. The van der Waals surface area contributed by atoms with Crippen molar-refractivity contribution in [3.05, 3.63) is 42.0 Å². The highest BCUT2D eigenvalue weighted by molar-refractivity contribution is 5.92. The highest BCUT2D eigenvalue weighted by Gasteiger charge is 2.21. The molecular weight excluding hydrogens is 285 g/mol. The van der Waals surface area contributed by atoms with Gasteiger partial charge >= 0.3 is 0 Å². The Morgan fingerprint density at radius 3 is 2.91 bits per heavy atom. The highest BCUT2D eigenvalue weighted by atomic mass is 19.1. The Morgan fingerprint density at radius 2 is 2.18 bits per heavy atom. The molecule has 22 heavy (non-hydrogen) atoms. The fraction of sp³-hybridized carbons (Fsp3) is 0.400. The molecule has 2 unspecified atom stereocenters. The van der Waals surface area contributed by atoms with Crippen LogP contribution in [0.1, 0.15) is 30.3 Å². The van der Waals surface area contributed by atoms with Crippen LogP contribution < -0.4 is 10.6 Å². The van der Waals surface area contributed by atoms with Crippen LogP contribution in [0.5, 0.6) is 0 Å². The number of carbonyl (C=O) groups is 1. The molecule has 0 aliphatic carbocycles. The van der Waals surface area contributed by atoms with E-state index < -0.39 is 0 Å². The normalized spacial score (nSPS) is 21.5. The zero-order valence-electron chi connectivity index (χ0n) is 12.3. The van der Waals surface area contributed by atoms with Crippen molar-refractivity contribution in [1.82, 2.24) is 25.6 Å². The second kappa shape index (κ2) is 6.23. The van der Waals surface area contributed by atoms with Gasteiger partial charge in [-0.05, 0) is 50.6 Å². The second-order valence-corrected chi connectivity index (χ2v) is 5.55. The van der Waals surface area contributed by atoms with Gasteiger partial charge in [0, 0.05) is 12.1 Å². The molecule has 6 nitrogen and oxygen atoms in total. The number of hydrogen-bond donors (Lipinski definition) is 2. The first-order valence-corrected chi connectivity index (χ1v) is 7.34. The van der Waals surface area contributed by atoms with Crippen molar-refractivity contribution in [2.24, 2.45) is 0 Å². The fourth-order valence-corrected chi connectivity index (χ4v) is 2.59. The number of amides is 1. The van der Waals surface area contributed by atoms with Crippen molar-refractivity contribution in [3.63, 3.8) is 0 Å². The van der Waals surface area contributed by atoms with Crippen molar-refractivity contribution in [2.75, 3.05) is 6.54 Å². The maximum Gasteiger partial charge on any atom is 0.273 e. The van der Waals surface area contributed by atoms with Gasteiger partial charge in [0.2, 0.25) is 0 Å². The zero-order valence-corrected chi connectivity index (χ0v) is 12.3. The minimum Gasteiger partial charge on any atom is -0.348 e. The molecule has 1 aliphatic rings. The Kier molecular flexibility index (Phi) is 4.15. The number of benzene rings is 1. The molecule has 0 radical (unpaired) electrons. The lowest BCUT2D eigenvalue weighted by Gasteiger charge is -2.28. The standard InChI is InChI=1S/C15H18FN5O/c1-10-8-12(6-7-17-10)19-15(22)14-9-18-21(20-14)13-4-2-11(16)3-5-13/h2-5,9-10,12,17H,6-8H2,1H3,(H,19,22). The average molecular weight is 303 g/mol. The van der Waals surface area contributed by atoms with Crippen molar-refractivity contribution in [3.8, 4) is 5.69 Å². The van der Waals surface area contributed by atoms with Crippen LogP contribution >= 0.6 is 0 Å². The molecule has 2 atom stereocenters. The molecule has 116 valence electrons. The Balaban J connectivity index is 1.67. The number of rotatable bonds is 3. The summed E-state index contributed by atoms with van der Waals surface area (Å²) in [6, 6.07) is 6.33. The van der Waals surface area contributed by atoms with Gasteiger partial charge in [-0.1, -0.05) is 0 Å². The minimum atomic E-state index is -0.325. The first-order valence-electron chi connectivity index (χ1n) is 7.34. The molecule has 1 fully saturated rings. The predicted molar refractivity (Wildman–Crippen MR) is 79.3 cm³/mol. The Morgan fingerprint density at radius 1 is 1.41 bits per heavy atom. The van der Waals surface area contributed by atoms with Crippen molar-refractivity contribution >= 4 is 5.91 Å². The van der Waals surface area contributed by atoms with Crippen molar-refractivity contribution in [1.29, 1.82) is 0 Å². The maximum absolute atomic E-state index is 12.9. The van der Waals surface area contributed by atoms with E-state index in [2.05, 4.69) is 27.8 Å². The third-order valence-electron chi connectivity index (χ3n) is 3.74. The Hall–Kier alpha value is -2.28. The second-order valence-electron chi connectivity index (χ2n) is 5.55. The van der Waals surface area contributed by atoms with Gasteiger partial charge in [0.05, 0.1) is 11.9 Å². The van der Waals surface area contributed by atoms with Gasteiger partial charge in [0.25, 0.3) is 5.91 Å². The summed E-state index contributed by atoms with van der Waals surface area (Å²) < 4.78 is 12.9. The summed E-state index contributed by atoms with van der Waals surface area (Å²) in [7, 11) is 0. The van der Waals surface area contributed by atoms with E-state index in [0.29, 0.717) is 11.7 Å². The van der Waals surface area contributed by atoms with Crippen molar-refractivity contribution < 1.29 is 9.18 Å². The van der Waals surface area contributed by atoms with Gasteiger partial charge in [0.15, 0.2) is 5.69 Å². The van der Waals surface area contributed by atoms with E-state index in [4.69, 9.17) is 0 Å². The van der Waals surface area contributed by atoms with Gasteiger partial charge < -0.3 is 10.6 Å². The number of hydrogen-bond acceptors (Lipinski definition) is 4. The lowest BCUT2D eigenvalue weighted by atomic mass is 10.0. The van der Waals surface area contributed by atoms with E-state index in [-0.39, 0.29) is 23.5 Å². The molecular formula is C15H18FN5O. The number of nitrogens with one attached hydrogen (secondary N) is 2. The third kappa shape index (κ3) is 3.30. The van der Waals surface area contributed by atoms with E-state index >= 15 is 0 Å². The summed E-state index contributed by atoms with van der Waals surface area (Å²) in [5, 5.41) is 14.5. The van der Waals surface area contributed by atoms with Gasteiger partial charge in [-0.3, -0.25) is 4.79 Å². The molecule has 2 aromatic rings. The molecule has 0 saturated carbocycles. The molecule has 1 saturated heterocycles. The molecule has 1 aliphatic heterocycles. The number of nitrogens with zero attached hydrogens (tertiary/aromatic N) is 3. The van der Waals surface area contributed by atoms with Crippen LogP contribution in [0, 0.1) is 5.82 Å². The minimum absolute atomic E-state index is 0.153. The molecule has 0 bridgehead atoms. The lowest BCUT2D eigenvalue weighted by Crippen LogP contribution is -2.46.